The second-order valence-electron chi connectivity index (χ2n) is 6.98. The number of carbonyl (C=O) groups excluding carboxylic acids is 1. The number of benzene rings is 2. The van der Waals surface area contributed by atoms with Crippen LogP contribution in [0, 0.1) is 10.1 Å². The van der Waals surface area contributed by atoms with Crippen LogP contribution in [-0.2, 0) is 11.3 Å². The Morgan fingerprint density at radius 3 is 2.45 bits per heavy atom. The molecule has 0 unspecified atom stereocenters. The number of non-ortho nitro benzene ring substituents is 1. The van der Waals surface area contributed by atoms with E-state index in [0.29, 0.717) is 24.0 Å². The van der Waals surface area contributed by atoms with Crippen molar-refractivity contribution in [1.29, 1.82) is 0 Å². The number of piperazine rings is 1. The topological polar surface area (TPSA) is 80.8 Å². The zero-order valence-electron chi connectivity index (χ0n) is 16.2. The summed E-state index contributed by atoms with van der Waals surface area (Å²) in [6, 6.07) is 14.5. The SMILES string of the molecule is COc1ccc(N2CCN(C(=O)Cn3ccc4c([N+](=O)[O-])cccc43)CC2)cc1. The number of anilines is 1. The first kappa shape index (κ1) is 18.8. The third-order valence-corrected chi connectivity index (χ3v) is 5.36. The summed E-state index contributed by atoms with van der Waals surface area (Å²) in [5.41, 5.74) is 1.87. The first-order chi connectivity index (χ1) is 14.1. The molecule has 1 aliphatic heterocycles. The van der Waals surface area contributed by atoms with Crippen LogP contribution in [0.1, 0.15) is 0 Å². The molecule has 0 spiro atoms. The lowest BCUT2D eigenvalue weighted by molar-refractivity contribution is -0.383. The summed E-state index contributed by atoms with van der Waals surface area (Å²) in [5.74, 6) is 0.838. The van der Waals surface area contributed by atoms with Gasteiger partial charge in [-0.15, -0.1) is 0 Å². The van der Waals surface area contributed by atoms with Crippen molar-refractivity contribution >= 4 is 28.2 Å². The summed E-state index contributed by atoms with van der Waals surface area (Å²) in [6.07, 6.45) is 1.74. The number of methoxy groups -OCH3 is 1. The molecule has 1 saturated heterocycles. The highest BCUT2D eigenvalue weighted by Gasteiger charge is 2.22. The van der Waals surface area contributed by atoms with Crippen LogP contribution in [0.15, 0.2) is 54.7 Å². The van der Waals surface area contributed by atoms with E-state index in [2.05, 4.69) is 4.90 Å². The van der Waals surface area contributed by atoms with Crippen molar-refractivity contribution in [2.24, 2.45) is 0 Å². The Hall–Kier alpha value is -3.55. The Kier molecular flexibility index (Phi) is 5.07. The molecule has 1 aromatic heterocycles. The molecule has 1 fully saturated rings. The van der Waals surface area contributed by atoms with E-state index in [-0.39, 0.29) is 18.1 Å². The molecule has 0 atom stereocenters. The number of carbonyl (C=O) groups is 1. The van der Waals surface area contributed by atoms with Crippen LogP contribution >= 0.6 is 0 Å². The van der Waals surface area contributed by atoms with Gasteiger partial charge >= 0.3 is 0 Å². The summed E-state index contributed by atoms with van der Waals surface area (Å²) >= 11 is 0. The van der Waals surface area contributed by atoms with Gasteiger partial charge in [0.05, 0.1) is 22.9 Å². The standard InChI is InChI=1S/C21H22N4O4/c1-29-17-7-5-16(6-8-17)22-11-13-23(14-12-22)21(26)15-24-10-9-18-19(24)3-2-4-20(18)25(27)28/h2-10H,11-15H2,1H3. The Morgan fingerprint density at radius 1 is 1.07 bits per heavy atom. The monoisotopic (exact) mass is 394 g/mol. The average Bonchev–Trinajstić information content (AvgIpc) is 3.16. The molecule has 3 aromatic rings. The number of aromatic nitrogens is 1. The van der Waals surface area contributed by atoms with Crippen molar-refractivity contribution in [3.8, 4) is 5.75 Å². The highest BCUT2D eigenvalue weighted by molar-refractivity contribution is 5.90. The van der Waals surface area contributed by atoms with Gasteiger partial charge in [0.1, 0.15) is 12.3 Å². The summed E-state index contributed by atoms with van der Waals surface area (Å²) in [7, 11) is 1.64. The predicted octanol–water partition coefficient (Wildman–Crippen LogP) is 2.91. The minimum absolute atomic E-state index is 0.0170. The predicted molar refractivity (Wildman–Crippen MR) is 110 cm³/mol. The molecule has 2 heterocycles. The molecule has 0 aliphatic carbocycles. The lowest BCUT2D eigenvalue weighted by atomic mass is 10.2. The largest absolute Gasteiger partial charge is 0.497 e. The Bertz CT molecular complexity index is 1040. The van der Waals surface area contributed by atoms with Crippen molar-refractivity contribution in [2.75, 3.05) is 38.2 Å². The second kappa shape index (κ2) is 7.83. The smallest absolute Gasteiger partial charge is 0.278 e. The molecule has 4 rings (SSSR count). The minimum Gasteiger partial charge on any atom is -0.497 e. The number of amides is 1. The van der Waals surface area contributed by atoms with Gasteiger partial charge in [-0.1, -0.05) is 6.07 Å². The van der Waals surface area contributed by atoms with Gasteiger partial charge in [0.2, 0.25) is 5.91 Å². The molecule has 0 radical (unpaired) electrons. The van der Waals surface area contributed by atoms with E-state index in [0.717, 1.165) is 24.5 Å². The molecule has 0 bridgehead atoms. The van der Waals surface area contributed by atoms with E-state index in [9.17, 15) is 14.9 Å². The number of fused-ring (bicyclic) bond motifs is 1. The quantitative estimate of drug-likeness (QED) is 0.491. The second-order valence-corrected chi connectivity index (χ2v) is 6.98. The maximum atomic E-state index is 12.8. The summed E-state index contributed by atoms with van der Waals surface area (Å²) in [4.78, 5) is 27.7. The van der Waals surface area contributed by atoms with Gasteiger partial charge in [0.15, 0.2) is 0 Å². The third-order valence-electron chi connectivity index (χ3n) is 5.36. The number of nitro benzene ring substituents is 1. The highest BCUT2D eigenvalue weighted by Crippen LogP contribution is 2.26. The van der Waals surface area contributed by atoms with Crippen molar-refractivity contribution in [2.45, 2.75) is 6.54 Å². The van der Waals surface area contributed by atoms with Crippen LogP contribution in [0.25, 0.3) is 10.9 Å². The molecule has 8 heteroatoms. The van der Waals surface area contributed by atoms with Gasteiger partial charge < -0.3 is 19.1 Å². The van der Waals surface area contributed by atoms with Crippen molar-refractivity contribution in [3.63, 3.8) is 0 Å². The van der Waals surface area contributed by atoms with E-state index in [1.54, 1.807) is 36.1 Å². The molecule has 0 saturated carbocycles. The van der Waals surface area contributed by atoms with Crippen molar-refractivity contribution in [3.05, 3.63) is 64.8 Å². The Morgan fingerprint density at radius 2 is 1.79 bits per heavy atom. The maximum absolute atomic E-state index is 12.8. The average molecular weight is 394 g/mol. The van der Waals surface area contributed by atoms with E-state index in [1.807, 2.05) is 29.2 Å². The number of ether oxygens (including phenoxy) is 1. The molecule has 1 aliphatic rings. The highest BCUT2D eigenvalue weighted by atomic mass is 16.6. The third kappa shape index (κ3) is 3.73. The Labute approximate surface area is 168 Å². The van der Waals surface area contributed by atoms with Gasteiger partial charge in [0, 0.05) is 44.1 Å². The normalized spacial score (nSPS) is 14.2. The van der Waals surface area contributed by atoms with Gasteiger partial charge in [-0.25, -0.2) is 0 Å². The molecule has 150 valence electrons. The molecule has 8 nitrogen and oxygen atoms in total. The number of hydrogen-bond donors (Lipinski definition) is 0. The van der Waals surface area contributed by atoms with Gasteiger partial charge in [0.25, 0.3) is 5.69 Å². The molecular weight excluding hydrogens is 372 g/mol. The lowest BCUT2D eigenvalue weighted by Crippen LogP contribution is -2.49. The molecular formula is C21H22N4O4. The maximum Gasteiger partial charge on any atom is 0.278 e. The zero-order chi connectivity index (χ0) is 20.4. The van der Waals surface area contributed by atoms with E-state index >= 15 is 0 Å². The minimum atomic E-state index is -0.396. The fourth-order valence-corrected chi connectivity index (χ4v) is 3.76. The van der Waals surface area contributed by atoms with Crippen LogP contribution < -0.4 is 9.64 Å². The van der Waals surface area contributed by atoms with Gasteiger partial charge in [-0.05, 0) is 36.4 Å². The number of nitrogens with zero attached hydrogens (tertiary/aromatic N) is 4. The van der Waals surface area contributed by atoms with Crippen molar-refractivity contribution < 1.29 is 14.5 Å². The van der Waals surface area contributed by atoms with Crippen LogP contribution in [0.3, 0.4) is 0 Å². The molecule has 1 amide bonds. The van der Waals surface area contributed by atoms with Crippen LogP contribution in [0.5, 0.6) is 5.75 Å². The summed E-state index contributed by atoms with van der Waals surface area (Å²) < 4.78 is 6.97. The van der Waals surface area contributed by atoms with E-state index < -0.39 is 4.92 Å². The van der Waals surface area contributed by atoms with Gasteiger partial charge in [-0.3, -0.25) is 14.9 Å². The van der Waals surface area contributed by atoms with E-state index in [4.69, 9.17) is 4.74 Å². The zero-order valence-corrected chi connectivity index (χ0v) is 16.2. The van der Waals surface area contributed by atoms with Crippen LogP contribution in [-0.4, -0.2) is 53.6 Å². The first-order valence-corrected chi connectivity index (χ1v) is 9.46. The molecule has 29 heavy (non-hydrogen) atoms. The Balaban J connectivity index is 1.41. The summed E-state index contributed by atoms with van der Waals surface area (Å²) in [6.45, 7) is 2.98. The van der Waals surface area contributed by atoms with Gasteiger partial charge in [-0.2, -0.15) is 0 Å². The van der Waals surface area contributed by atoms with Crippen LogP contribution in [0.4, 0.5) is 11.4 Å². The molecule has 0 N–H and O–H groups in total. The number of nitro groups is 1. The number of hydrogen-bond acceptors (Lipinski definition) is 5. The summed E-state index contributed by atoms with van der Waals surface area (Å²) in [5, 5.41) is 11.7. The van der Waals surface area contributed by atoms with Crippen LogP contribution in [0.2, 0.25) is 0 Å². The fraction of sp³-hybridized carbons (Fsp3) is 0.286. The van der Waals surface area contributed by atoms with Crippen molar-refractivity contribution in [1.82, 2.24) is 9.47 Å². The first-order valence-electron chi connectivity index (χ1n) is 9.46. The van der Waals surface area contributed by atoms with E-state index in [1.165, 1.54) is 6.07 Å². The fourth-order valence-electron chi connectivity index (χ4n) is 3.76. The lowest BCUT2D eigenvalue weighted by Gasteiger charge is -2.36. The number of rotatable bonds is 5. The molecule has 2 aromatic carbocycles.